The fourth-order valence-corrected chi connectivity index (χ4v) is 3.73. The average Bonchev–Trinajstić information content (AvgIpc) is 3.38. The summed E-state index contributed by atoms with van der Waals surface area (Å²) < 4.78 is 5.43. The number of aryl methyl sites for hydroxylation is 1. The Labute approximate surface area is 181 Å². The number of benzene rings is 1. The van der Waals surface area contributed by atoms with Crippen molar-refractivity contribution in [3.8, 4) is 11.3 Å². The lowest BCUT2D eigenvalue weighted by Gasteiger charge is -2.15. The summed E-state index contributed by atoms with van der Waals surface area (Å²) in [6.07, 6.45) is 4.54. The van der Waals surface area contributed by atoms with E-state index in [2.05, 4.69) is 10.1 Å². The first-order chi connectivity index (χ1) is 13.7. The monoisotopic (exact) mass is 434 g/mol. The second kappa shape index (κ2) is 11.7. The van der Waals surface area contributed by atoms with Gasteiger partial charge >= 0.3 is 0 Å². The van der Waals surface area contributed by atoms with Gasteiger partial charge in [0.25, 0.3) is 5.91 Å². The van der Waals surface area contributed by atoms with Gasteiger partial charge in [-0.2, -0.15) is 0 Å². The molecular weight excluding hydrogens is 408 g/mol. The third-order valence-corrected chi connectivity index (χ3v) is 5.43. The van der Waals surface area contributed by atoms with Crippen LogP contribution in [0.25, 0.3) is 11.3 Å². The van der Waals surface area contributed by atoms with Crippen molar-refractivity contribution >= 4 is 29.7 Å². The second-order valence-corrected chi connectivity index (χ2v) is 7.69. The number of hydrogen-bond donors (Lipinski definition) is 1. The summed E-state index contributed by atoms with van der Waals surface area (Å²) in [5.41, 5.74) is 7.99. The van der Waals surface area contributed by atoms with Gasteiger partial charge in [-0.05, 0) is 19.4 Å². The molecule has 29 heavy (non-hydrogen) atoms. The highest BCUT2D eigenvalue weighted by atomic mass is 35.5. The van der Waals surface area contributed by atoms with Crippen molar-refractivity contribution in [2.24, 2.45) is 5.73 Å². The van der Waals surface area contributed by atoms with Gasteiger partial charge in [-0.1, -0.05) is 41.9 Å². The SMILES string of the molecule is CN(CCCCCc1cc(-c2ccccc2)no1)C(=O)c1csc(CCN)n1.Cl. The normalized spacial score (nSPS) is 10.6. The van der Waals surface area contributed by atoms with Crippen LogP contribution in [0, 0.1) is 0 Å². The predicted molar refractivity (Wildman–Crippen MR) is 119 cm³/mol. The molecule has 0 saturated heterocycles. The molecule has 0 aliphatic heterocycles. The molecule has 0 saturated carbocycles. The Morgan fingerprint density at radius 2 is 1.97 bits per heavy atom. The number of carbonyl (C=O) groups is 1. The van der Waals surface area contributed by atoms with E-state index in [-0.39, 0.29) is 18.3 Å². The first-order valence-corrected chi connectivity index (χ1v) is 10.5. The van der Waals surface area contributed by atoms with Crippen LogP contribution >= 0.6 is 23.7 Å². The molecule has 156 valence electrons. The van der Waals surface area contributed by atoms with E-state index in [0.717, 1.165) is 54.1 Å². The van der Waals surface area contributed by atoms with Gasteiger partial charge in [0, 0.05) is 43.4 Å². The van der Waals surface area contributed by atoms with E-state index < -0.39 is 0 Å². The van der Waals surface area contributed by atoms with Gasteiger partial charge in [0.2, 0.25) is 0 Å². The fourth-order valence-electron chi connectivity index (χ4n) is 2.95. The molecule has 2 heterocycles. The molecule has 3 aromatic rings. The highest BCUT2D eigenvalue weighted by molar-refractivity contribution is 7.09. The number of halogens is 1. The van der Waals surface area contributed by atoms with Crippen LogP contribution in [0.1, 0.15) is 40.5 Å². The Morgan fingerprint density at radius 3 is 2.72 bits per heavy atom. The Morgan fingerprint density at radius 1 is 1.17 bits per heavy atom. The zero-order chi connectivity index (χ0) is 19.8. The highest BCUT2D eigenvalue weighted by Crippen LogP contribution is 2.19. The summed E-state index contributed by atoms with van der Waals surface area (Å²) in [6.45, 7) is 1.27. The molecule has 1 amide bonds. The van der Waals surface area contributed by atoms with Gasteiger partial charge in [-0.15, -0.1) is 23.7 Å². The summed E-state index contributed by atoms with van der Waals surface area (Å²) in [4.78, 5) is 18.5. The van der Waals surface area contributed by atoms with Crippen molar-refractivity contribution in [1.29, 1.82) is 0 Å². The number of carbonyl (C=O) groups excluding carboxylic acids is 1. The molecule has 2 N–H and O–H groups in total. The van der Waals surface area contributed by atoms with Crippen molar-refractivity contribution in [2.45, 2.75) is 32.1 Å². The largest absolute Gasteiger partial charge is 0.361 e. The summed E-state index contributed by atoms with van der Waals surface area (Å²) in [5, 5.41) is 6.88. The lowest BCUT2D eigenvalue weighted by molar-refractivity contribution is 0.0787. The molecule has 3 rings (SSSR count). The number of rotatable bonds is 10. The van der Waals surface area contributed by atoms with E-state index in [4.69, 9.17) is 10.3 Å². The summed E-state index contributed by atoms with van der Waals surface area (Å²) in [7, 11) is 1.83. The topological polar surface area (TPSA) is 85.2 Å². The van der Waals surface area contributed by atoms with E-state index in [0.29, 0.717) is 18.8 Å². The number of hydrogen-bond acceptors (Lipinski definition) is 6. The molecule has 0 radical (unpaired) electrons. The number of amides is 1. The highest BCUT2D eigenvalue weighted by Gasteiger charge is 2.15. The third kappa shape index (κ3) is 6.66. The molecule has 0 aliphatic rings. The van der Waals surface area contributed by atoms with Gasteiger partial charge in [-0.3, -0.25) is 4.79 Å². The van der Waals surface area contributed by atoms with Gasteiger partial charge in [0.1, 0.15) is 17.1 Å². The number of thiazole rings is 1. The van der Waals surface area contributed by atoms with Gasteiger partial charge in [-0.25, -0.2) is 4.98 Å². The number of nitrogens with zero attached hydrogens (tertiary/aromatic N) is 3. The lowest BCUT2D eigenvalue weighted by atomic mass is 10.1. The summed E-state index contributed by atoms with van der Waals surface area (Å²) in [6, 6.07) is 12.0. The average molecular weight is 435 g/mol. The molecule has 0 atom stereocenters. The van der Waals surface area contributed by atoms with E-state index in [9.17, 15) is 4.79 Å². The maximum atomic E-state index is 12.4. The second-order valence-electron chi connectivity index (χ2n) is 6.75. The summed E-state index contributed by atoms with van der Waals surface area (Å²) >= 11 is 1.49. The molecule has 6 nitrogen and oxygen atoms in total. The Kier molecular flexibility index (Phi) is 9.31. The molecule has 1 aromatic carbocycles. The Balaban J connectivity index is 0.00000300. The molecule has 0 bridgehead atoms. The van der Waals surface area contributed by atoms with Crippen molar-refractivity contribution in [3.05, 3.63) is 58.2 Å². The molecule has 0 unspecified atom stereocenters. The lowest BCUT2D eigenvalue weighted by Crippen LogP contribution is -2.28. The smallest absolute Gasteiger partial charge is 0.273 e. The standard InChI is InChI=1S/C21H26N4O2S.ClH/c1-25(21(26)19-15-28-20(23-19)11-12-22)13-7-3-6-10-17-14-18(24-27-17)16-8-4-2-5-9-16;/h2,4-5,8-9,14-15H,3,6-7,10-13,22H2,1H3;1H. The van der Waals surface area contributed by atoms with Crippen LogP contribution in [-0.2, 0) is 12.8 Å². The Hall–Kier alpha value is -2.22. The van der Waals surface area contributed by atoms with Crippen molar-refractivity contribution in [2.75, 3.05) is 20.1 Å². The first kappa shape index (κ1) is 23.1. The van der Waals surface area contributed by atoms with Crippen LogP contribution in [0.5, 0.6) is 0 Å². The van der Waals surface area contributed by atoms with Crippen LogP contribution in [0.4, 0.5) is 0 Å². The number of unbranched alkanes of at least 4 members (excludes halogenated alkanes) is 2. The molecule has 0 aliphatic carbocycles. The van der Waals surface area contributed by atoms with Crippen LogP contribution in [0.2, 0.25) is 0 Å². The van der Waals surface area contributed by atoms with Gasteiger partial charge in [0.15, 0.2) is 0 Å². The maximum Gasteiger partial charge on any atom is 0.273 e. The van der Waals surface area contributed by atoms with Crippen LogP contribution < -0.4 is 5.73 Å². The van der Waals surface area contributed by atoms with Crippen LogP contribution in [0.15, 0.2) is 46.3 Å². The van der Waals surface area contributed by atoms with E-state index in [1.807, 2.05) is 48.8 Å². The van der Waals surface area contributed by atoms with E-state index >= 15 is 0 Å². The minimum atomic E-state index is -0.0257. The van der Waals surface area contributed by atoms with Crippen molar-refractivity contribution in [1.82, 2.24) is 15.0 Å². The number of nitrogens with two attached hydrogens (primary N) is 1. The molecule has 8 heteroatoms. The molecular formula is C21H27ClN4O2S. The first-order valence-electron chi connectivity index (χ1n) is 9.58. The van der Waals surface area contributed by atoms with E-state index in [1.54, 1.807) is 4.90 Å². The minimum Gasteiger partial charge on any atom is -0.361 e. The van der Waals surface area contributed by atoms with Gasteiger partial charge < -0.3 is 15.2 Å². The van der Waals surface area contributed by atoms with Crippen LogP contribution in [0.3, 0.4) is 0 Å². The Bertz CT molecular complexity index is 882. The quantitative estimate of drug-likeness (QED) is 0.483. The third-order valence-electron chi connectivity index (χ3n) is 4.52. The zero-order valence-electron chi connectivity index (χ0n) is 16.5. The molecule has 0 spiro atoms. The van der Waals surface area contributed by atoms with Crippen LogP contribution in [-0.4, -0.2) is 41.1 Å². The van der Waals surface area contributed by atoms with Crippen molar-refractivity contribution in [3.63, 3.8) is 0 Å². The minimum absolute atomic E-state index is 0. The maximum absolute atomic E-state index is 12.4. The zero-order valence-corrected chi connectivity index (χ0v) is 18.2. The van der Waals surface area contributed by atoms with Gasteiger partial charge in [0.05, 0.1) is 5.01 Å². The predicted octanol–water partition coefficient (Wildman–Crippen LogP) is 4.21. The van der Waals surface area contributed by atoms with Crippen molar-refractivity contribution < 1.29 is 9.32 Å². The molecule has 2 aromatic heterocycles. The number of aromatic nitrogens is 2. The molecule has 0 fully saturated rings. The van der Waals surface area contributed by atoms with E-state index in [1.165, 1.54) is 11.3 Å². The fraction of sp³-hybridized carbons (Fsp3) is 0.381. The summed E-state index contributed by atoms with van der Waals surface area (Å²) in [5.74, 6) is 0.875.